The minimum absolute atomic E-state index is 0.125. The Labute approximate surface area is 186 Å². The first kappa shape index (κ1) is 21.1. The maximum atomic E-state index is 12.5. The molecule has 0 aliphatic carbocycles. The molecule has 1 amide bonds. The van der Waals surface area contributed by atoms with Crippen LogP contribution in [0.3, 0.4) is 0 Å². The van der Waals surface area contributed by atoms with E-state index in [-0.39, 0.29) is 5.91 Å². The molecule has 0 aliphatic heterocycles. The number of carbonyl (C=O) groups excluding carboxylic acids is 1. The van der Waals surface area contributed by atoms with Gasteiger partial charge in [0.2, 0.25) is 5.88 Å². The second kappa shape index (κ2) is 9.75. The van der Waals surface area contributed by atoms with E-state index in [2.05, 4.69) is 15.3 Å². The van der Waals surface area contributed by atoms with E-state index >= 15 is 0 Å². The lowest BCUT2D eigenvalue weighted by Crippen LogP contribution is -2.22. The van der Waals surface area contributed by atoms with Gasteiger partial charge < -0.3 is 14.8 Å². The summed E-state index contributed by atoms with van der Waals surface area (Å²) in [5.41, 5.74) is 4.38. The molecular weight excluding hydrogens is 402 g/mol. The molecule has 0 aliphatic rings. The Morgan fingerprint density at radius 2 is 1.62 bits per heavy atom. The lowest BCUT2D eigenvalue weighted by atomic mass is 10.1. The predicted octanol–water partition coefficient (Wildman–Crippen LogP) is 5.18. The first-order chi connectivity index (χ1) is 15.6. The molecule has 3 aromatic carbocycles. The van der Waals surface area contributed by atoms with Crippen molar-refractivity contribution in [3.05, 3.63) is 102 Å². The number of hydrogen-bond acceptors (Lipinski definition) is 5. The molecule has 0 saturated carbocycles. The zero-order chi connectivity index (χ0) is 22.3. The average molecular weight is 425 g/mol. The summed E-state index contributed by atoms with van der Waals surface area (Å²) in [7, 11) is 1.59. The van der Waals surface area contributed by atoms with E-state index in [1.54, 1.807) is 25.3 Å². The van der Waals surface area contributed by atoms with Crippen molar-refractivity contribution in [1.29, 1.82) is 0 Å². The van der Waals surface area contributed by atoms with Crippen molar-refractivity contribution >= 4 is 5.91 Å². The van der Waals surface area contributed by atoms with E-state index in [1.807, 2.05) is 67.6 Å². The van der Waals surface area contributed by atoms with E-state index < -0.39 is 0 Å². The SMILES string of the molecule is COc1ccccc1Oc1cc(-c2ccc(C(=O)NCc3ccc(C)cc3)cc2)ncn1. The zero-order valence-corrected chi connectivity index (χ0v) is 17.9. The molecule has 0 saturated heterocycles. The number of carbonyl (C=O) groups is 1. The highest BCUT2D eigenvalue weighted by Crippen LogP contribution is 2.31. The van der Waals surface area contributed by atoms with Crippen LogP contribution in [0.2, 0.25) is 0 Å². The van der Waals surface area contributed by atoms with E-state index in [0.29, 0.717) is 35.2 Å². The van der Waals surface area contributed by atoms with Gasteiger partial charge in [-0.05, 0) is 36.8 Å². The Kier molecular flexibility index (Phi) is 6.41. The summed E-state index contributed by atoms with van der Waals surface area (Å²) in [4.78, 5) is 21.0. The monoisotopic (exact) mass is 425 g/mol. The van der Waals surface area contributed by atoms with Crippen molar-refractivity contribution in [3.63, 3.8) is 0 Å². The number of methoxy groups -OCH3 is 1. The van der Waals surface area contributed by atoms with Crippen molar-refractivity contribution < 1.29 is 14.3 Å². The third kappa shape index (κ3) is 5.10. The number of hydrogen-bond donors (Lipinski definition) is 1. The lowest BCUT2D eigenvalue weighted by molar-refractivity contribution is 0.0951. The molecule has 6 heteroatoms. The molecule has 4 rings (SSSR count). The van der Waals surface area contributed by atoms with Gasteiger partial charge in [0.05, 0.1) is 12.8 Å². The largest absolute Gasteiger partial charge is 0.493 e. The van der Waals surface area contributed by atoms with Crippen LogP contribution in [0.1, 0.15) is 21.5 Å². The highest BCUT2D eigenvalue weighted by atomic mass is 16.5. The molecule has 0 fully saturated rings. The number of rotatable bonds is 7. The zero-order valence-electron chi connectivity index (χ0n) is 17.9. The summed E-state index contributed by atoms with van der Waals surface area (Å²) in [5.74, 6) is 1.47. The normalized spacial score (nSPS) is 10.4. The fourth-order valence-corrected chi connectivity index (χ4v) is 3.15. The molecule has 0 unspecified atom stereocenters. The third-order valence-corrected chi connectivity index (χ3v) is 4.94. The topological polar surface area (TPSA) is 73.3 Å². The molecule has 1 N–H and O–H groups in total. The van der Waals surface area contributed by atoms with Crippen molar-refractivity contribution in [2.24, 2.45) is 0 Å². The van der Waals surface area contributed by atoms with Gasteiger partial charge in [0, 0.05) is 23.7 Å². The Morgan fingerprint density at radius 3 is 2.34 bits per heavy atom. The van der Waals surface area contributed by atoms with Gasteiger partial charge in [-0.25, -0.2) is 9.97 Å². The molecule has 0 atom stereocenters. The Balaban J connectivity index is 1.44. The van der Waals surface area contributed by atoms with E-state index in [0.717, 1.165) is 11.1 Å². The van der Waals surface area contributed by atoms with Crippen LogP contribution in [0, 0.1) is 6.92 Å². The Hall–Kier alpha value is -4.19. The van der Waals surface area contributed by atoms with Crippen molar-refractivity contribution in [3.8, 4) is 28.6 Å². The molecule has 0 bridgehead atoms. The van der Waals surface area contributed by atoms with Crippen LogP contribution in [0.4, 0.5) is 0 Å². The van der Waals surface area contributed by atoms with Gasteiger partial charge in [-0.3, -0.25) is 4.79 Å². The number of ether oxygens (including phenoxy) is 2. The van der Waals surface area contributed by atoms with Crippen molar-refractivity contribution in [2.45, 2.75) is 13.5 Å². The maximum absolute atomic E-state index is 12.5. The van der Waals surface area contributed by atoms with Crippen LogP contribution in [0.5, 0.6) is 17.4 Å². The number of nitrogens with one attached hydrogen (secondary N) is 1. The first-order valence-corrected chi connectivity index (χ1v) is 10.2. The van der Waals surface area contributed by atoms with E-state index in [4.69, 9.17) is 9.47 Å². The first-order valence-electron chi connectivity index (χ1n) is 10.2. The number of aryl methyl sites for hydroxylation is 1. The number of para-hydroxylation sites is 2. The minimum Gasteiger partial charge on any atom is -0.493 e. The van der Waals surface area contributed by atoms with Gasteiger partial charge in [0.1, 0.15) is 6.33 Å². The molecule has 0 spiro atoms. The summed E-state index contributed by atoms with van der Waals surface area (Å²) in [6.45, 7) is 2.52. The summed E-state index contributed by atoms with van der Waals surface area (Å²) < 4.78 is 11.2. The predicted molar refractivity (Wildman–Crippen MR) is 123 cm³/mol. The summed E-state index contributed by atoms with van der Waals surface area (Å²) in [5, 5.41) is 2.94. The number of amides is 1. The van der Waals surface area contributed by atoms with Crippen molar-refractivity contribution in [1.82, 2.24) is 15.3 Å². The Morgan fingerprint density at radius 1 is 0.906 bits per heavy atom. The fourth-order valence-electron chi connectivity index (χ4n) is 3.15. The average Bonchev–Trinajstić information content (AvgIpc) is 2.84. The van der Waals surface area contributed by atoms with Crippen LogP contribution in [0.25, 0.3) is 11.3 Å². The van der Waals surface area contributed by atoms with Crippen LogP contribution < -0.4 is 14.8 Å². The van der Waals surface area contributed by atoms with Crippen LogP contribution in [-0.4, -0.2) is 23.0 Å². The van der Waals surface area contributed by atoms with Crippen LogP contribution in [-0.2, 0) is 6.54 Å². The van der Waals surface area contributed by atoms with Crippen LogP contribution >= 0.6 is 0 Å². The van der Waals surface area contributed by atoms with Gasteiger partial charge in [0.15, 0.2) is 11.5 Å². The summed E-state index contributed by atoms with van der Waals surface area (Å²) in [6.07, 6.45) is 1.45. The molecule has 1 aromatic heterocycles. The minimum atomic E-state index is -0.125. The van der Waals surface area contributed by atoms with Gasteiger partial charge >= 0.3 is 0 Å². The molecule has 160 valence electrons. The smallest absolute Gasteiger partial charge is 0.251 e. The number of nitrogens with zero attached hydrogens (tertiary/aromatic N) is 2. The van der Waals surface area contributed by atoms with Gasteiger partial charge in [-0.2, -0.15) is 0 Å². The Bertz CT molecular complexity index is 1210. The lowest BCUT2D eigenvalue weighted by Gasteiger charge is -2.10. The highest BCUT2D eigenvalue weighted by molar-refractivity contribution is 5.94. The quantitative estimate of drug-likeness (QED) is 0.441. The number of benzene rings is 3. The van der Waals surface area contributed by atoms with Gasteiger partial charge in [0.25, 0.3) is 5.91 Å². The molecule has 4 aromatic rings. The van der Waals surface area contributed by atoms with Crippen molar-refractivity contribution in [2.75, 3.05) is 7.11 Å². The van der Waals surface area contributed by atoms with Crippen LogP contribution in [0.15, 0.2) is 85.2 Å². The molecular formula is C26H23N3O3. The third-order valence-electron chi connectivity index (χ3n) is 4.94. The number of aromatic nitrogens is 2. The van der Waals surface area contributed by atoms with Gasteiger partial charge in [-0.1, -0.05) is 54.1 Å². The molecule has 32 heavy (non-hydrogen) atoms. The second-order valence-corrected chi connectivity index (χ2v) is 7.24. The standard InChI is InChI=1S/C26H23N3O3/c1-18-7-9-19(10-8-18)16-27-26(30)21-13-11-20(12-14-21)22-15-25(29-17-28-22)32-24-6-4-3-5-23(24)31-2/h3-15,17H,16H2,1-2H3,(H,27,30). The van der Waals surface area contributed by atoms with Gasteiger partial charge in [-0.15, -0.1) is 0 Å². The summed E-state index contributed by atoms with van der Waals surface area (Å²) >= 11 is 0. The van der Waals surface area contributed by atoms with E-state index in [1.165, 1.54) is 11.9 Å². The fraction of sp³-hybridized carbons (Fsp3) is 0.115. The molecule has 6 nitrogen and oxygen atoms in total. The maximum Gasteiger partial charge on any atom is 0.251 e. The molecule has 1 heterocycles. The second-order valence-electron chi connectivity index (χ2n) is 7.24. The molecule has 0 radical (unpaired) electrons. The highest BCUT2D eigenvalue weighted by Gasteiger charge is 2.10. The summed E-state index contributed by atoms with van der Waals surface area (Å²) in [6, 6.07) is 24.5. The van der Waals surface area contributed by atoms with E-state index in [9.17, 15) is 4.79 Å².